The number of aromatic amines is 1. The summed E-state index contributed by atoms with van der Waals surface area (Å²) in [6.45, 7) is 8.61. The lowest BCUT2D eigenvalue weighted by molar-refractivity contribution is 0.249. The molecule has 4 rings (SSSR count). The third-order valence-corrected chi connectivity index (χ3v) is 5.19. The lowest BCUT2D eigenvalue weighted by Crippen LogP contribution is -2.46. The summed E-state index contributed by atoms with van der Waals surface area (Å²) >= 11 is 5.86. The molecule has 4 heterocycles. The maximum Gasteiger partial charge on any atom is 0.267 e. The quantitative estimate of drug-likeness (QED) is 0.670. The summed E-state index contributed by atoms with van der Waals surface area (Å²) in [6, 6.07) is 7.67. The normalized spacial score (nSPS) is 15.1. The number of halogens is 1. The topological polar surface area (TPSA) is 77.5 Å². The van der Waals surface area contributed by atoms with Crippen LogP contribution in [0.15, 0.2) is 46.4 Å². The fourth-order valence-corrected chi connectivity index (χ4v) is 3.56. The van der Waals surface area contributed by atoms with Crippen molar-refractivity contribution in [2.24, 2.45) is 4.99 Å². The molecule has 28 heavy (non-hydrogen) atoms. The molecule has 0 saturated carbocycles. The molecular weight excluding hydrogens is 376 g/mol. The summed E-state index contributed by atoms with van der Waals surface area (Å²) in [5, 5.41) is 0.159. The first-order valence-corrected chi connectivity index (χ1v) is 9.52. The van der Waals surface area contributed by atoms with E-state index in [-0.39, 0.29) is 10.6 Å². The van der Waals surface area contributed by atoms with Gasteiger partial charge in [-0.15, -0.1) is 0 Å². The van der Waals surface area contributed by atoms with E-state index in [4.69, 9.17) is 11.6 Å². The van der Waals surface area contributed by atoms with Crippen LogP contribution in [0.5, 0.6) is 0 Å². The van der Waals surface area contributed by atoms with Gasteiger partial charge in [-0.25, -0.2) is 4.98 Å². The molecule has 0 bridgehead atoms. The van der Waals surface area contributed by atoms with Crippen LogP contribution in [0.25, 0.3) is 11.0 Å². The van der Waals surface area contributed by atoms with Crippen LogP contribution in [0.3, 0.4) is 0 Å². The molecule has 0 aromatic carbocycles. The molecule has 3 aromatic rings. The van der Waals surface area contributed by atoms with Crippen LogP contribution >= 0.6 is 11.6 Å². The van der Waals surface area contributed by atoms with Crippen LogP contribution < -0.4 is 10.5 Å². The van der Waals surface area contributed by atoms with Crippen LogP contribution in [-0.4, -0.2) is 52.7 Å². The summed E-state index contributed by atoms with van der Waals surface area (Å²) in [4.78, 5) is 32.0. The number of rotatable bonds is 5. The predicted molar refractivity (Wildman–Crippen MR) is 112 cm³/mol. The molecule has 0 spiro atoms. The number of aliphatic imine (C=N–C) groups is 1. The number of nitrogens with one attached hydrogen (secondary N) is 1. The second kappa shape index (κ2) is 8.08. The average molecular weight is 397 g/mol. The van der Waals surface area contributed by atoms with E-state index in [9.17, 15) is 4.79 Å². The van der Waals surface area contributed by atoms with E-state index < -0.39 is 0 Å². The van der Waals surface area contributed by atoms with Crippen molar-refractivity contribution in [1.82, 2.24) is 19.9 Å². The SMILES string of the molecule is C=NCc1ccc(N2CCN(Cc3cnc4cc(Cl)c(=O)[nH]c4c3)CC2)nc1. The number of nitrogens with zero attached hydrogens (tertiary/aromatic N) is 5. The summed E-state index contributed by atoms with van der Waals surface area (Å²) in [6.07, 6.45) is 3.71. The summed E-state index contributed by atoms with van der Waals surface area (Å²) < 4.78 is 0. The molecule has 144 valence electrons. The largest absolute Gasteiger partial charge is 0.354 e. The number of H-pyrrole nitrogens is 1. The van der Waals surface area contributed by atoms with Crippen molar-refractivity contribution in [1.29, 1.82) is 0 Å². The maximum absolute atomic E-state index is 11.7. The fourth-order valence-electron chi connectivity index (χ4n) is 3.41. The summed E-state index contributed by atoms with van der Waals surface area (Å²) in [7, 11) is 0. The molecule has 1 saturated heterocycles. The number of anilines is 1. The Bertz CT molecular complexity index is 1040. The smallest absolute Gasteiger partial charge is 0.267 e. The van der Waals surface area contributed by atoms with Gasteiger partial charge in [-0.2, -0.15) is 0 Å². The average Bonchev–Trinajstić information content (AvgIpc) is 2.71. The van der Waals surface area contributed by atoms with Gasteiger partial charge in [0.1, 0.15) is 10.8 Å². The summed E-state index contributed by atoms with van der Waals surface area (Å²) in [5.41, 5.74) is 3.26. The molecule has 0 aliphatic carbocycles. The van der Waals surface area contributed by atoms with E-state index in [2.05, 4.69) is 42.5 Å². The fraction of sp³-hybridized carbons (Fsp3) is 0.300. The number of piperazine rings is 1. The highest BCUT2D eigenvalue weighted by Gasteiger charge is 2.18. The van der Waals surface area contributed by atoms with Gasteiger partial charge < -0.3 is 9.88 Å². The van der Waals surface area contributed by atoms with Gasteiger partial charge in [0.25, 0.3) is 5.56 Å². The summed E-state index contributed by atoms with van der Waals surface area (Å²) in [5.74, 6) is 0.995. The maximum atomic E-state index is 11.7. The Balaban J connectivity index is 1.39. The van der Waals surface area contributed by atoms with Gasteiger partial charge in [0.15, 0.2) is 0 Å². The zero-order valence-electron chi connectivity index (χ0n) is 15.4. The number of hydrogen-bond acceptors (Lipinski definition) is 6. The van der Waals surface area contributed by atoms with E-state index in [0.717, 1.165) is 49.7 Å². The number of pyridine rings is 3. The zero-order valence-corrected chi connectivity index (χ0v) is 16.2. The Morgan fingerprint density at radius 3 is 2.61 bits per heavy atom. The molecule has 0 amide bonds. The zero-order chi connectivity index (χ0) is 19.5. The first kappa shape index (κ1) is 18.6. The molecule has 0 atom stereocenters. The minimum Gasteiger partial charge on any atom is -0.354 e. The molecule has 0 unspecified atom stereocenters. The van der Waals surface area contributed by atoms with Gasteiger partial charge in [0.2, 0.25) is 0 Å². The van der Waals surface area contributed by atoms with Crippen molar-refractivity contribution >= 4 is 35.2 Å². The highest BCUT2D eigenvalue weighted by molar-refractivity contribution is 6.30. The van der Waals surface area contributed by atoms with E-state index in [0.29, 0.717) is 17.6 Å². The predicted octanol–water partition coefficient (Wildman–Crippen LogP) is 2.49. The van der Waals surface area contributed by atoms with Crippen LogP contribution in [0.4, 0.5) is 5.82 Å². The van der Waals surface area contributed by atoms with Crippen molar-refractivity contribution < 1.29 is 0 Å². The third kappa shape index (κ3) is 4.05. The molecule has 1 fully saturated rings. The van der Waals surface area contributed by atoms with Crippen LogP contribution in [0.1, 0.15) is 11.1 Å². The molecular formula is C20H21ClN6O. The first-order valence-electron chi connectivity index (χ1n) is 9.14. The van der Waals surface area contributed by atoms with E-state index in [1.165, 1.54) is 0 Å². The molecule has 3 aromatic heterocycles. The molecule has 1 aliphatic rings. The van der Waals surface area contributed by atoms with Crippen molar-refractivity contribution in [2.45, 2.75) is 13.1 Å². The third-order valence-electron chi connectivity index (χ3n) is 4.91. The highest BCUT2D eigenvalue weighted by atomic mass is 35.5. The Hall–Kier alpha value is -2.77. The van der Waals surface area contributed by atoms with E-state index in [1.807, 2.05) is 24.5 Å². The lowest BCUT2D eigenvalue weighted by atomic mass is 10.2. The Labute approximate surface area is 167 Å². The van der Waals surface area contributed by atoms with Crippen LogP contribution in [0.2, 0.25) is 5.02 Å². The molecule has 1 aliphatic heterocycles. The van der Waals surface area contributed by atoms with E-state index >= 15 is 0 Å². The molecule has 7 nitrogen and oxygen atoms in total. The standard InChI is InChI=1S/C20H21ClN6O/c1-22-10-14-2-3-19(24-11-14)27-6-4-26(5-7-27)13-15-8-18-17(23-12-15)9-16(21)20(28)25-18/h2-3,8-9,11-12H,1,4-7,10,13H2,(H,25,28). The Morgan fingerprint density at radius 1 is 1.11 bits per heavy atom. The number of hydrogen-bond donors (Lipinski definition) is 1. The highest BCUT2D eigenvalue weighted by Crippen LogP contribution is 2.17. The second-order valence-corrected chi connectivity index (χ2v) is 7.30. The second-order valence-electron chi connectivity index (χ2n) is 6.89. The Morgan fingerprint density at radius 2 is 1.89 bits per heavy atom. The van der Waals surface area contributed by atoms with Gasteiger partial charge in [-0.1, -0.05) is 17.7 Å². The number of fused-ring (bicyclic) bond motifs is 1. The van der Waals surface area contributed by atoms with Crippen molar-refractivity contribution in [2.75, 3.05) is 31.1 Å². The first-order chi connectivity index (χ1) is 13.6. The van der Waals surface area contributed by atoms with E-state index in [1.54, 1.807) is 6.07 Å². The lowest BCUT2D eigenvalue weighted by Gasteiger charge is -2.35. The van der Waals surface area contributed by atoms with Crippen molar-refractivity contribution in [3.63, 3.8) is 0 Å². The van der Waals surface area contributed by atoms with Crippen molar-refractivity contribution in [3.8, 4) is 0 Å². The minimum atomic E-state index is -0.288. The molecule has 1 N–H and O–H groups in total. The Kier molecular flexibility index (Phi) is 5.36. The number of aromatic nitrogens is 3. The van der Waals surface area contributed by atoms with Gasteiger partial charge in [0.05, 0.1) is 17.6 Å². The minimum absolute atomic E-state index is 0.159. The van der Waals surface area contributed by atoms with Crippen molar-refractivity contribution in [3.05, 3.63) is 63.2 Å². The van der Waals surface area contributed by atoms with Gasteiger partial charge in [-0.3, -0.25) is 19.7 Å². The van der Waals surface area contributed by atoms with Crippen LogP contribution in [0, 0.1) is 0 Å². The molecule has 8 heteroatoms. The van der Waals surface area contributed by atoms with Crippen LogP contribution in [-0.2, 0) is 13.1 Å². The monoisotopic (exact) mass is 396 g/mol. The van der Waals surface area contributed by atoms with Gasteiger partial charge >= 0.3 is 0 Å². The van der Waals surface area contributed by atoms with Gasteiger partial charge in [-0.05, 0) is 36.0 Å². The van der Waals surface area contributed by atoms with Gasteiger partial charge in [0, 0.05) is 45.1 Å². The molecule has 0 radical (unpaired) electrons.